The maximum Gasteiger partial charge on any atom is 0.119 e. The van der Waals surface area contributed by atoms with E-state index in [2.05, 4.69) is 34.8 Å². The SMILES string of the molecule is CN/N=C/c1ccc(OCCCc2ccccc2)cc1. The van der Waals surface area contributed by atoms with E-state index in [1.807, 2.05) is 30.3 Å². The summed E-state index contributed by atoms with van der Waals surface area (Å²) >= 11 is 0. The van der Waals surface area contributed by atoms with Gasteiger partial charge >= 0.3 is 0 Å². The average molecular weight is 268 g/mol. The summed E-state index contributed by atoms with van der Waals surface area (Å²) in [5.74, 6) is 0.902. The lowest BCUT2D eigenvalue weighted by molar-refractivity contribution is 0.311. The van der Waals surface area contributed by atoms with E-state index in [0.29, 0.717) is 0 Å². The third kappa shape index (κ3) is 4.76. The summed E-state index contributed by atoms with van der Waals surface area (Å²) in [5, 5.41) is 3.96. The van der Waals surface area contributed by atoms with Gasteiger partial charge in [0.1, 0.15) is 5.75 Å². The maximum atomic E-state index is 5.73. The molecule has 0 spiro atoms. The van der Waals surface area contributed by atoms with Crippen LogP contribution in [-0.2, 0) is 6.42 Å². The van der Waals surface area contributed by atoms with E-state index in [-0.39, 0.29) is 0 Å². The third-order valence-corrected chi connectivity index (χ3v) is 2.94. The predicted molar refractivity (Wildman–Crippen MR) is 83.4 cm³/mol. The molecule has 2 aromatic carbocycles. The van der Waals surface area contributed by atoms with Crippen molar-refractivity contribution in [3.8, 4) is 5.75 Å². The van der Waals surface area contributed by atoms with E-state index < -0.39 is 0 Å². The van der Waals surface area contributed by atoms with Crippen molar-refractivity contribution in [2.75, 3.05) is 13.7 Å². The highest BCUT2D eigenvalue weighted by Gasteiger charge is 1.95. The highest BCUT2D eigenvalue weighted by atomic mass is 16.5. The van der Waals surface area contributed by atoms with Gasteiger partial charge in [0.25, 0.3) is 0 Å². The molecule has 0 heterocycles. The number of benzene rings is 2. The molecule has 0 radical (unpaired) electrons. The van der Waals surface area contributed by atoms with Crippen molar-refractivity contribution < 1.29 is 4.74 Å². The highest BCUT2D eigenvalue weighted by molar-refractivity contribution is 5.79. The van der Waals surface area contributed by atoms with Crippen molar-refractivity contribution >= 4 is 6.21 Å². The van der Waals surface area contributed by atoms with E-state index >= 15 is 0 Å². The number of ether oxygens (including phenoxy) is 1. The van der Waals surface area contributed by atoms with Gasteiger partial charge in [-0.15, -0.1) is 0 Å². The van der Waals surface area contributed by atoms with Crippen molar-refractivity contribution in [3.63, 3.8) is 0 Å². The molecule has 0 atom stereocenters. The number of rotatable bonds is 7. The Morgan fingerprint density at radius 3 is 2.50 bits per heavy atom. The summed E-state index contributed by atoms with van der Waals surface area (Å²) < 4.78 is 5.73. The summed E-state index contributed by atoms with van der Waals surface area (Å²) in [7, 11) is 1.78. The molecule has 0 aromatic heterocycles. The van der Waals surface area contributed by atoms with Gasteiger partial charge in [-0.3, -0.25) is 0 Å². The Morgan fingerprint density at radius 1 is 1.05 bits per heavy atom. The lowest BCUT2D eigenvalue weighted by Crippen LogP contribution is -1.99. The molecule has 2 rings (SSSR count). The zero-order valence-electron chi connectivity index (χ0n) is 11.8. The molecule has 0 aliphatic heterocycles. The van der Waals surface area contributed by atoms with Crippen LogP contribution in [0.2, 0.25) is 0 Å². The van der Waals surface area contributed by atoms with Crippen LogP contribution in [0.4, 0.5) is 0 Å². The first-order chi connectivity index (χ1) is 9.88. The molecule has 2 aromatic rings. The lowest BCUT2D eigenvalue weighted by Gasteiger charge is -2.06. The minimum absolute atomic E-state index is 0.735. The molecule has 0 aliphatic carbocycles. The first-order valence-corrected chi connectivity index (χ1v) is 6.85. The van der Waals surface area contributed by atoms with Crippen LogP contribution in [0.25, 0.3) is 0 Å². The Hall–Kier alpha value is -2.29. The summed E-state index contributed by atoms with van der Waals surface area (Å²) in [6, 6.07) is 18.4. The smallest absolute Gasteiger partial charge is 0.119 e. The largest absolute Gasteiger partial charge is 0.494 e. The number of hydrogen-bond acceptors (Lipinski definition) is 3. The number of nitrogens with zero attached hydrogens (tertiary/aromatic N) is 1. The van der Waals surface area contributed by atoms with Crippen LogP contribution in [0.3, 0.4) is 0 Å². The van der Waals surface area contributed by atoms with Gasteiger partial charge in [-0.25, -0.2) is 0 Å². The van der Waals surface area contributed by atoms with Gasteiger partial charge in [-0.2, -0.15) is 5.10 Å². The van der Waals surface area contributed by atoms with Gasteiger partial charge < -0.3 is 10.2 Å². The Labute approximate surface area is 120 Å². The minimum Gasteiger partial charge on any atom is -0.494 e. The van der Waals surface area contributed by atoms with Crippen LogP contribution < -0.4 is 10.2 Å². The van der Waals surface area contributed by atoms with E-state index in [4.69, 9.17) is 4.74 Å². The first-order valence-electron chi connectivity index (χ1n) is 6.85. The number of aryl methyl sites for hydroxylation is 1. The number of hydrogen-bond donors (Lipinski definition) is 1. The Morgan fingerprint density at radius 2 is 1.80 bits per heavy atom. The molecular weight excluding hydrogens is 248 g/mol. The predicted octanol–water partition coefficient (Wildman–Crippen LogP) is 3.25. The molecule has 104 valence electrons. The van der Waals surface area contributed by atoms with Gasteiger partial charge in [0, 0.05) is 7.05 Å². The molecule has 0 aliphatic rings. The Kier molecular flexibility index (Phi) is 5.65. The third-order valence-electron chi connectivity index (χ3n) is 2.94. The second-order valence-corrected chi connectivity index (χ2v) is 4.49. The van der Waals surface area contributed by atoms with Crippen LogP contribution in [-0.4, -0.2) is 19.9 Å². The fourth-order valence-electron chi connectivity index (χ4n) is 1.90. The zero-order valence-corrected chi connectivity index (χ0v) is 11.8. The second kappa shape index (κ2) is 8.00. The molecule has 20 heavy (non-hydrogen) atoms. The fraction of sp³-hybridized carbons (Fsp3) is 0.235. The lowest BCUT2D eigenvalue weighted by atomic mass is 10.1. The van der Waals surface area contributed by atoms with Gasteiger partial charge in [0.15, 0.2) is 0 Å². The molecule has 0 amide bonds. The molecule has 0 saturated heterocycles. The average Bonchev–Trinajstić information content (AvgIpc) is 2.52. The standard InChI is InChI=1S/C17H20N2O/c1-18-19-14-16-9-11-17(12-10-16)20-13-5-8-15-6-3-2-4-7-15/h2-4,6-7,9-12,14,18H,5,8,13H2,1H3/b19-14+. The number of nitrogens with one attached hydrogen (secondary N) is 1. The van der Waals surface area contributed by atoms with Gasteiger partial charge in [-0.05, 0) is 48.2 Å². The van der Waals surface area contributed by atoms with Crippen LogP contribution in [0.15, 0.2) is 59.7 Å². The summed E-state index contributed by atoms with van der Waals surface area (Å²) in [6.45, 7) is 0.735. The Balaban J connectivity index is 1.73. The number of hydrazone groups is 1. The molecule has 0 unspecified atom stereocenters. The minimum atomic E-state index is 0.735. The van der Waals surface area contributed by atoms with E-state index in [1.165, 1.54) is 5.56 Å². The van der Waals surface area contributed by atoms with E-state index in [9.17, 15) is 0 Å². The van der Waals surface area contributed by atoms with Crippen LogP contribution in [0, 0.1) is 0 Å². The summed E-state index contributed by atoms with van der Waals surface area (Å²) in [6.07, 6.45) is 3.85. The van der Waals surface area contributed by atoms with Crippen molar-refractivity contribution in [1.82, 2.24) is 5.43 Å². The van der Waals surface area contributed by atoms with Crippen molar-refractivity contribution in [3.05, 3.63) is 65.7 Å². The summed E-state index contributed by atoms with van der Waals surface area (Å²) in [5.41, 5.74) is 5.13. The molecule has 3 heteroatoms. The van der Waals surface area contributed by atoms with E-state index in [0.717, 1.165) is 30.8 Å². The van der Waals surface area contributed by atoms with Crippen molar-refractivity contribution in [2.45, 2.75) is 12.8 Å². The highest BCUT2D eigenvalue weighted by Crippen LogP contribution is 2.12. The Bertz CT molecular complexity index is 520. The van der Waals surface area contributed by atoms with Crippen LogP contribution in [0.1, 0.15) is 17.5 Å². The van der Waals surface area contributed by atoms with Crippen molar-refractivity contribution in [2.24, 2.45) is 5.10 Å². The summed E-state index contributed by atoms with van der Waals surface area (Å²) in [4.78, 5) is 0. The van der Waals surface area contributed by atoms with Gasteiger partial charge in [-0.1, -0.05) is 30.3 Å². The zero-order chi connectivity index (χ0) is 14.0. The second-order valence-electron chi connectivity index (χ2n) is 4.49. The normalized spacial score (nSPS) is 10.7. The molecule has 0 saturated carbocycles. The van der Waals surface area contributed by atoms with Crippen molar-refractivity contribution in [1.29, 1.82) is 0 Å². The molecule has 1 N–H and O–H groups in total. The van der Waals surface area contributed by atoms with E-state index in [1.54, 1.807) is 13.3 Å². The molecule has 0 fully saturated rings. The maximum absolute atomic E-state index is 5.73. The first kappa shape index (κ1) is 14.1. The van der Waals surface area contributed by atoms with Gasteiger partial charge in [0.05, 0.1) is 12.8 Å². The quantitative estimate of drug-likeness (QED) is 0.475. The van der Waals surface area contributed by atoms with Crippen LogP contribution >= 0.6 is 0 Å². The molecule has 0 bridgehead atoms. The topological polar surface area (TPSA) is 33.6 Å². The molecule has 3 nitrogen and oxygen atoms in total. The fourth-order valence-corrected chi connectivity index (χ4v) is 1.90. The monoisotopic (exact) mass is 268 g/mol. The molecular formula is C17H20N2O. The van der Waals surface area contributed by atoms with Gasteiger partial charge in [0.2, 0.25) is 0 Å². The van der Waals surface area contributed by atoms with Crippen LogP contribution in [0.5, 0.6) is 5.75 Å².